The number of nitrogens with one attached hydrogen (secondary N) is 1. The Kier molecular flexibility index (Phi) is 5.55. The van der Waals surface area contributed by atoms with Crippen LogP contribution in [0.15, 0.2) is 34.1 Å². The van der Waals surface area contributed by atoms with Crippen LogP contribution < -0.4 is 16.6 Å². The largest absolute Gasteiger partial charge is 0.334 e. The van der Waals surface area contributed by atoms with Gasteiger partial charge in [0.2, 0.25) is 5.91 Å². The Balaban J connectivity index is 1.88. The smallest absolute Gasteiger partial charge is 0.330 e. The highest BCUT2D eigenvalue weighted by molar-refractivity contribution is 5.79. The monoisotopic (exact) mass is 371 g/mol. The first-order valence-corrected chi connectivity index (χ1v) is 9.04. The average Bonchev–Trinajstić information content (AvgIpc) is 3.18. The molecule has 27 heavy (non-hydrogen) atoms. The number of aromatic nitrogens is 3. The lowest BCUT2D eigenvalue weighted by Gasteiger charge is -2.29. The maximum absolute atomic E-state index is 13.0. The van der Waals surface area contributed by atoms with Gasteiger partial charge in [0, 0.05) is 44.8 Å². The molecular weight excluding hydrogens is 346 g/mol. The van der Waals surface area contributed by atoms with Gasteiger partial charge in [-0.05, 0) is 31.5 Å². The maximum atomic E-state index is 13.0. The van der Waals surface area contributed by atoms with Crippen molar-refractivity contribution in [3.05, 3.63) is 62.2 Å². The molecule has 0 aromatic carbocycles. The van der Waals surface area contributed by atoms with Crippen molar-refractivity contribution in [3.8, 4) is 0 Å². The first-order valence-electron chi connectivity index (χ1n) is 9.04. The molecule has 2 aromatic rings. The van der Waals surface area contributed by atoms with Crippen LogP contribution in [0.5, 0.6) is 0 Å². The normalized spacial score (nSPS) is 16.5. The molecule has 0 bridgehead atoms. The molecular formula is C19H25N5O3. The van der Waals surface area contributed by atoms with Crippen LogP contribution in [-0.2, 0) is 31.9 Å². The average molecular weight is 371 g/mol. The Morgan fingerprint density at radius 3 is 2.74 bits per heavy atom. The summed E-state index contributed by atoms with van der Waals surface area (Å²) in [6.45, 7) is 3.62. The Labute approximate surface area is 157 Å². The molecule has 1 aliphatic rings. The number of rotatable bonds is 5. The van der Waals surface area contributed by atoms with Gasteiger partial charge in [-0.15, -0.1) is 0 Å². The van der Waals surface area contributed by atoms with Crippen LogP contribution in [0.4, 0.5) is 0 Å². The lowest BCUT2D eigenvalue weighted by Crippen LogP contribution is -2.45. The van der Waals surface area contributed by atoms with Crippen LogP contribution in [-0.4, -0.2) is 44.1 Å². The second kappa shape index (κ2) is 7.87. The highest BCUT2D eigenvalue weighted by Crippen LogP contribution is 2.14. The number of carbonyl (C=O) groups excluding carboxylic acids is 1. The first-order chi connectivity index (χ1) is 12.9. The second-order valence-electron chi connectivity index (χ2n) is 7.06. The van der Waals surface area contributed by atoms with Crippen molar-refractivity contribution in [1.29, 1.82) is 0 Å². The molecule has 0 radical (unpaired) electrons. The quantitative estimate of drug-likeness (QED) is 0.781. The van der Waals surface area contributed by atoms with E-state index < -0.39 is 0 Å². The zero-order valence-electron chi connectivity index (χ0n) is 15.9. The van der Waals surface area contributed by atoms with Crippen molar-refractivity contribution < 1.29 is 4.79 Å². The molecule has 8 nitrogen and oxygen atoms in total. The van der Waals surface area contributed by atoms with Gasteiger partial charge >= 0.3 is 5.69 Å². The van der Waals surface area contributed by atoms with Crippen LogP contribution in [0, 0.1) is 6.92 Å². The third-order valence-corrected chi connectivity index (χ3v) is 4.98. The van der Waals surface area contributed by atoms with Crippen LogP contribution >= 0.6 is 0 Å². The Morgan fingerprint density at radius 1 is 1.33 bits per heavy atom. The van der Waals surface area contributed by atoms with Crippen molar-refractivity contribution in [2.45, 2.75) is 32.4 Å². The third kappa shape index (κ3) is 4.16. The molecule has 0 saturated carbocycles. The van der Waals surface area contributed by atoms with Gasteiger partial charge in [0.25, 0.3) is 5.56 Å². The van der Waals surface area contributed by atoms with E-state index in [9.17, 15) is 14.4 Å². The van der Waals surface area contributed by atoms with E-state index in [4.69, 9.17) is 0 Å². The summed E-state index contributed by atoms with van der Waals surface area (Å²) in [6, 6.07) is 3.81. The first kappa shape index (κ1) is 19.0. The van der Waals surface area contributed by atoms with Gasteiger partial charge in [-0.2, -0.15) is 0 Å². The molecule has 1 amide bonds. The SMILES string of the molecule is Cc1ccc(CC(=O)N(Cc2cn(C)c(=O)n(C)c2=O)C2CCNC2)cn1. The number of carbonyl (C=O) groups is 1. The van der Waals surface area contributed by atoms with Crippen molar-refractivity contribution >= 4 is 5.91 Å². The van der Waals surface area contributed by atoms with Gasteiger partial charge in [0.15, 0.2) is 0 Å². The Hall–Kier alpha value is -2.74. The van der Waals surface area contributed by atoms with Gasteiger partial charge in [-0.25, -0.2) is 4.79 Å². The fraction of sp³-hybridized carbons (Fsp3) is 0.474. The number of pyridine rings is 1. The van der Waals surface area contributed by atoms with Crippen LogP contribution in [0.2, 0.25) is 0 Å². The zero-order chi connectivity index (χ0) is 19.6. The summed E-state index contributed by atoms with van der Waals surface area (Å²) in [5.74, 6) is -0.0507. The molecule has 1 atom stereocenters. The van der Waals surface area contributed by atoms with Crippen LogP contribution in [0.25, 0.3) is 0 Å². The molecule has 3 rings (SSSR count). The third-order valence-electron chi connectivity index (χ3n) is 4.98. The standard InChI is InChI=1S/C19H25N5O3/c1-13-4-5-14(9-21-13)8-17(25)24(16-6-7-20-10-16)12-15-11-22(2)19(27)23(3)18(15)26/h4-5,9,11,16,20H,6-8,10,12H2,1-3H3. The van der Waals surface area contributed by atoms with Gasteiger partial charge in [-0.3, -0.25) is 19.1 Å². The molecule has 1 saturated heterocycles. The van der Waals surface area contributed by atoms with Crippen molar-refractivity contribution in [3.63, 3.8) is 0 Å². The predicted octanol–water partition coefficient (Wildman–Crippen LogP) is -0.279. The van der Waals surface area contributed by atoms with Gasteiger partial charge in [0.05, 0.1) is 18.5 Å². The molecule has 2 aromatic heterocycles. The zero-order valence-corrected chi connectivity index (χ0v) is 15.9. The molecule has 8 heteroatoms. The number of hydrogen-bond acceptors (Lipinski definition) is 5. The van der Waals surface area contributed by atoms with E-state index in [1.807, 2.05) is 19.1 Å². The topological polar surface area (TPSA) is 89.2 Å². The fourth-order valence-corrected chi connectivity index (χ4v) is 3.38. The molecule has 144 valence electrons. The molecule has 0 spiro atoms. The summed E-state index contributed by atoms with van der Waals surface area (Å²) in [5, 5.41) is 3.27. The summed E-state index contributed by atoms with van der Waals surface area (Å²) in [6.07, 6.45) is 4.31. The van der Waals surface area contributed by atoms with E-state index in [2.05, 4.69) is 10.3 Å². The summed E-state index contributed by atoms with van der Waals surface area (Å²) in [7, 11) is 3.06. The second-order valence-corrected chi connectivity index (χ2v) is 7.06. The number of hydrogen-bond donors (Lipinski definition) is 1. The van der Waals surface area contributed by atoms with Gasteiger partial charge in [-0.1, -0.05) is 6.07 Å². The van der Waals surface area contributed by atoms with Crippen molar-refractivity contribution in [2.24, 2.45) is 14.1 Å². The predicted molar refractivity (Wildman–Crippen MR) is 101 cm³/mol. The van der Waals surface area contributed by atoms with E-state index in [1.165, 1.54) is 17.8 Å². The highest BCUT2D eigenvalue weighted by atomic mass is 16.2. The summed E-state index contributed by atoms with van der Waals surface area (Å²) < 4.78 is 2.45. The maximum Gasteiger partial charge on any atom is 0.330 e. The number of amides is 1. The van der Waals surface area contributed by atoms with Crippen molar-refractivity contribution in [2.75, 3.05) is 13.1 Å². The minimum Gasteiger partial charge on any atom is -0.334 e. The van der Waals surface area contributed by atoms with Crippen LogP contribution in [0.1, 0.15) is 23.2 Å². The Bertz CT molecular complexity index is 939. The van der Waals surface area contributed by atoms with E-state index in [0.29, 0.717) is 12.1 Å². The molecule has 1 aliphatic heterocycles. The number of aryl methyl sites for hydroxylation is 2. The molecule has 1 fully saturated rings. The molecule has 0 aliphatic carbocycles. The van der Waals surface area contributed by atoms with Crippen molar-refractivity contribution in [1.82, 2.24) is 24.3 Å². The highest BCUT2D eigenvalue weighted by Gasteiger charge is 2.27. The van der Waals surface area contributed by atoms with Gasteiger partial charge in [0.1, 0.15) is 0 Å². The lowest BCUT2D eigenvalue weighted by atomic mass is 10.1. The fourth-order valence-electron chi connectivity index (χ4n) is 3.38. The molecule has 1 unspecified atom stereocenters. The van der Waals surface area contributed by atoms with E-state index in [-0.39, 0.29) is 36.2 Å². The number of nitrogens with zero attached hydrogens (tertiary/aromatic N) is 4. The summed E-state index contributed by atoms with van der Waals surface area (Å²) in [4.78, 5) is 43.4. The van der Waals surface area contributed by atoms with Crippen LogP contribution in [0.3, 0.4) is 0 Å². The minimum atomic E-state index is -0.380. The van der Waals surface area contributed by atoms with E-state index in [0.717, 1.165) is 28.8 Å². The summed E-state index contributed by atoms with van der Waals surface area (Å²) >= 11 is 0. The lowest BCUT2D eigenvalue weighted by molar-refractivity contribution is -0.133. The molecule has 3 heterocycles. The van der Waals surface area contributed by atoms with Gasteiger partial charge < -0.3 is 14.8 Å². The molecule has 1 N–H and O–H groups in total. The summed E-state index contributed by atoms with van der Waals surface area (Å²) in [5.41, 5.74) is 1.43. The Morgan fingerprint density at radius 2 is 2.11 bits per heavy atom. The van der Waals surface area contributed by atoms with E-state index >= 15 is 0 Å². The van der Waals surface area contributed by atoms with E-state index in [1.54, 1.807) is 18.1 Å². The minimum absolute atomic E-state index is 0.0258.